The molecule has 2 aromatic carbocycles. The first-order chi connectivity index (χ1) is 14.0. The van der Waals surface area contributed by atoms with Gasteiger partial charge in [-0.3, -0.25) is 19.5 Å². The van der Waals surface area contributed by atoms with E-state index in [1.54, 1.807) is 42.6 Å². The van der Waals surface area contributed by atoms with E-state index in [0.717, 1.165) is 5.56 Å². The van der Waals surface area contributed by atoms with Crippen LogP contribution in [0.1, 0.15) is 22.9 Å². The maximum absolute atomic E-state index is 13.3. The molecule has 1 aromatic heterocycles. The van der Waals surface area contributed by atoms with E-state index in [1.165, 1.54) is 29.2 Å². The zero-order chi connectivity index (χ0) is 20.5. The summed E-state index contributed by atoms with van der Waals surface area (Å²) >= 11 is 0. The molecule has 5 nitrogen and oxygen atoms in total. The van der Waals surface area contributed by atoms with Crippen molar-refractivity contribution in [2.24, 2.45) is 0 Å². The number of ketones is 1. The van der Waals surface area contributed by atoms with Gasteiger partial charge in [0.25, 0.3) is 11.7 Å². The molecule has 4 rings (SSSR count). The first kappa shape index (κ1) is 18.6. The molecule has 0 radical (unpaired) electrons. The van der Waals surface area contributed by atoms with E-state index in [0.29, 0.717) is 11.4 Å². The summed E-state index contributed by atoms with van der Waals surface area (Å²) in [5.41, 5.74) is 2.05. The first-order valence-electron chi connectivity index (χ1n) is 9.02. The number of aryl methyl sites for hydroxylation is 1. The van der Waals surface area contributed by atoms with Crippen LogP contribution in [-0.4, -0.2) is 21.8 Å². The molecule has 1 saturated heterocycles. The van der Waals surface area contributed by atoms with Gasteiger partial charge in [-0.25, -0.2) is 4.39 Å². The van der Waals surface area contributed by atoms with Gasteiger partial charge in [0.2, 0.25) is 0 Å². The number of pyridine rings is 1. The second-order valence-corrected chi connectivity index (χ2v) is 6.77. The number of benzene rings is 2. The van der Waals surface area contributed by atoms with Crippen molar-refractivity contribution in [3.05, 3.63) is 101 Å². The Bertz CT molecular complexity index is 1120. The maximum atomic E-state index is 13.3. The molecular formula is C23H17FN2O3. The molecule has 144 valence electrons. The molecule has 1 unspecified atom stereocenters. The van der Waals surface area contributed by atoms with E-state index in [1.807, 2.05) is 13.0 Å². The topological polar surface area (TPSA) is 70.5 Å². The van der Waals surface area contributed by atoms with E-state index in [2.05, 4.69) is 4.98 Å². The van der Waals surface area contributed by atoms with Crippen molar-refractivity contribution >= 4 is 23.1 Å². The molecule has 1 aliphatic rings. The second kappa shape index (κ2) is 7.31. The summed E-state index contributed by atoms with van der Waals surface area (Å²) < 4.78 is 13.3. The number of anilines is 1. The molecule has 1 atom stereocenters. The summed E-state index contributed by atoms with van der Waals surface area (Å²) in [7, 11) is 0. The third-order valence-electron chi connectivity index (χ3n) is 4.81. The van der Waals surface area contributed by atoms with E-state index in [-0.39, 0.29) is 16.9 Å². The zero-order valence-corrected chi connectivity index (χ0v) is 15.5. The van der Waals surface area contributed by atoms with Crippen molar-refractivity contribution in [3.8, 4) is 0 Å². The summed E-state index contributed by atoms with van der Waals surface area (Å²) in [4.78, 5) is 31.5. The van der Waals surface area contributed by atoms with Crippen molar-refractivity contribution in [1.29, 1.82) is 0 Å². The SMILES string of the molecule is Cc1cccc(N2C(=O)C(=O)/C(=C(/O)c3ccc(F)cc3)C2c2ccccn2)c1. The Hall–Kier alpha value is -3.80. The first-order valence-corrected chi connectivity index (χ1v) is 9.02. The van der Waals surface area contributed by atoms with Crippen LogP contribution in [0.4, 0.5) is 10.1 Å². The van der Waals surface area contributed by atoms with Gasteiger partial charge in [-0.1, -0.05) is 18.2 Å². The molecule has 3 aromatic rings. The minimum Gasteiger partial charge on any atom is -0.507 e. The predicted molar refractivity (Wildman–Crippen MR) is 107 cm³/mol. The van der Waals surface area contributed by atoms with Crippen LogP contribution < -0.4 is 4.90 Å². The number of halogens is 1. The van der Waals surface area contributed by atoms with Crippen LogP contribution in [0.15, 0.2) is 78.5 Å². The van der Waals surface area contributed by atoms with Gasteiger partial charge in [0.05, 0.1) is 11.3 Å². The number of aromatic nitrogens is 1. The van der Waals surface area contributed by atoms with Crippen LogP contribution in [0, 0.1) is 12.7 Å². The number of rotatable bonds is 3. The second-order valence-electron chi connectivity index (χ2n) is 6.77. The highest BCUT2D eigenvalue weighted by Gasteiger charge is 2.47. The third-order valence-corrected chi connectivity index (χ3v) is 4.81. The molecule has 2 heterocycles. The lowest BCUT2D eigenvalue weighted by molar-refractivity contribution is -0.132. The Morgan fingerprint density at radius 1 is 1.03 bits per heavy atom. The van der Waals surface area contributed by atoms with E-state index in [4.69, 9.17) is 0 Å². The van der Waals surface area contributed by atoms with Gasteiger partial charge < -0.3 is 5.11 Å². The smallest absolute Gasteiger partial charge is 0.300 e. The van der Waals surface area contributed by atoms with Crippen molar-refractivity contribution in [3.63, 3.8) is 0 Å². The number of hydrogen-bond donors (Lipinski definition) is 1. The molecule has 0 spiro atoms. The highest BCUT2D eigenvalue weighted by atomic mass is 19.1. The third kappa shape index (κ3) is 3.29. The zero-order valence-electron chi connectivity index (χ0n) is 15.5. The molecule has 29 heavy (non-hydrogen) atoms. The van der Waals surface area contributed by atoms with Gasteiger partial charge in [-0.05, 0) is 61.0 Å². The number of aliphatic hydroxyl groups excluding tert-OH is 1. The number of Topliss-reactive ketones (excluding diaryl/α,β-unsaturated/α-hetero) is 1. The minimum absolute atomic E-state index is 0.0817. The Kier molecular flexibility index (Phi) is 4.68. The van der Waals surface area contributed by atoms with Crippen molar-refractivity contribution in [2.75, 3.05) is 4.90 Å². The molecule has 1 N–H and O–H groups in total. The van der Waals surface area contributed by atoms with Gasteiger partial charge >= 0.3 is 0 Å². The van der Waals surface area contributed by atoms with Crippen LogP contribution in [0.5, 0.6) is 0 Å². The van der Waals surface area contributed by atoms with E-state index < -0.39 is 23.5 Å². The number of aliphatic hydroxyl groups is 1. The Balaban J connectivity index is 1.94. The molecule has 0 bridgehead atoms. The summed E-state index contributed by atoms with van der Waals surface area (Å²) in [5, 5.41) is 10.9. The maximum Gasteiger partial charge on any atom is 0.300 e. The quantitative estimate of drug-likeness (QED) is 0.416. The monoisotopic (exact) mass is 388 g/mol. The van der Waals surface area contributed by atoms with Crippen molar-refractivity contribution in [2.45, 2.75) is 13.0 Å². The molecule has 1 aliphatic heterocycles. The van der Waals surface area contributed by atoms with Crippen LogP contribution in [0.2, 0.25) is 0 Å². The Morgan fingerprint density at radius 3 is 2.45 bits per heavy atom. The number of carbonyl (C=O) groups is 2. The van der Waals surface area contributed by atoms with E-state index >= 15 is 0 Å². The fraction of sp³-hybridized carbons (Fsp3) is 0.0870. The summed E-state index contributed by atoms with van der Waals surface area (Å²) in [6.07, 6.45) is 1.56. The van der Waals surface area contributed by atoms with E-state index in [9.17, 15) is 19.1 Å². The highest BCUT2D eigenvalue weighted by Crippen LogP contribution is 2.41. The minimum atomic E-state index is -0.900. The standard InChI is InChI=1S/C23H17FN2O3/c1-14-5-4-6-17(13-14)26-20(18-7-2-3-12-25-18)19(22(28)23(26)29)21(27)15-8-10-16(24)11-9-15/h2-13,20,27H,1H3/b21-19+. The number of carbonyl (C=O) groups excluding carboxylic acids is 2. The van der Waals surface area contributed by atoms with Crippen LogP contribution >= 0.6 is 0 Å². The average molecular weight is 388 g/mol. The lowest BCUT2D eigenvalue weighted by Crippen LogP contribution is -2.29. The molecule has 0 aliphatic carbocycles. The van der Waals surface area contributed by atoms with Gasteiger partial charge in [0.15, 0.2) is 0 Å². The average Bonchev–Trinajstić information content (AvgIpc) is 2.99. The molecular weight excluding hydrogens is 371 g/mol. The van der Waals surface area contributed by atoms with Gasteiger partial charge in [0.1, 0.15) is 17.6 Å². The lowest BCUT2D eigenvalue weighted by atomic mass is 9.98. The number of nitrogens with zero attached hydrogens (tertiary/aromatic N) is 2. The van der Waals surface area contributed by atoms with Crippen molar-refractivity contribution in [1.82, 2.24) is 4.98 Å². The van der Waals surface area contributed by atoms with Crippen LogP contribution in [-0.2, 0) is 9.59 Å². The van der Waals surface area contributed by atoms with Crippen LogP contribution in [0.3, 0.4) is 0 Å². The fourth-order valence-electron chi connectivity index (χ4n) is 3.46. The van der Waals surface area contributed by atoms with Gasteiger partial charge in [-0.15, -0.1) is 0 Å². The number of amides is 1. The Morgan fingerprint density at radius 2 is 1.79 bits per heavy atom. The summed E-state index contributed by atoms with van der Waals surface area (Å²) in [6.45, 7) is 1.88. The van der Waals surface area contributed by atoms with Gasteiger partial charge in [0, 0.05) is 17.4 Å². The number of hydrogen-bond acceptors (Lipinski definition) is 4. The predicted octanol–water partition coefficient (Wildman–Crippen LogP) is 4.16. The molecule has 1 amide bonds. The van der Waals surface area contributed by atoms with Crippen LogP contribution in [0.25, 0.3) is 5.76 Å². The Labute approximate surface area is 166 Å². The highest BCUT2D eigenvalue weighted by molar-refractivity contribution is 6.51. The normalized spacial score (nSPS) is 18.3. The van der Waals surface area contributed by atoms with Crippen molar-refractivity contribution < 1.29 is 19.1 Å². The lowest BCUT2D eigenvalue weighted by Gasteiger charge is -2.24. The summed E-state index contributed by atoms with van der Waals surface area (Å²) in [5.74, 6) is -2.41. The van der Waals surface area contributed by atoms with Gasteiger partial charge in [-0.2, -0.15) is 0 Å². The summed E-state index contributed by atoms with van der Waals surface area (Å²) in [6, 6.07) is 16.5. The molecule has 1 fully saturated rings. The molecule has 0 saturated carbocycles. The molecule has 6 heteroatoms. The largest absolute Gasteiger partial charge is 0.507 e. The fourth-order valence-corrected chi connectivity index (χ4v) is 3.46.